The number of esters is 1. The summed E-state index contributed by atoms with van der Waals surface area (Å²) in [5.41, 5.74) is 1.57. The van der Waals surface area contributed by atoms with Gasteiger partial charge in [0.25, 0.3) is 5.91 Å². The number of carbonyl (C=O) groups is 2. The number of H-pyrrole nitrogens is 1. The Morgan fingerprint density at radius 3 is 2.40 bits per heavy atom. The van der Waals surface area contributed by atoms with Gasteiger partial charge in [0.15, 0.2) is 6.61 Å². The lowest BCUT2D eigenvalue weighted by molar-refractivity contribution is -0.136. The molecule has 0 bridgehead atoms. The molecule has 154 valence electrons. The van der Waals surface area contributed by atoms with E-state index in [1.807, 2.05) is 18.2 Å². The van der Waals surface area contributed by atoms with Gasteiger partial charge in [0.1, 0.15) is 0 Å². The third kappa shape index (κ3) is 4.58. The second-order valence-electron chi connectivity index (χ2n) is 7.31. The minimum atomic E-state index is -0.673. The zero-order valence-corrected chi connectivity index (χ0v) is 16.5. The van der Waals surface area contributed by atoms with Gasteiger partial charge in [-0.2, -0.15) is 0 Å². The van der Waals surface area contributed by atoms with Crippen LogP contribution in [0.5, 0.6) is 0 Å². The molecule has 1 aromatic heterocycles. The van der Waals surface area contributed by atoms with Crippen molar-refractivity contribution >= 4 is 22.8 Å². The SMILES string of the molecule is O=C(OCC(=O)N1CCN(Cc2ccccc2)CC1)c1cc(=O)[nH]c2ccccc12. The molecule has 1 saturated heterocycles. The number of nitrogens with one attached hydrogen (secondary N) is 1. The van der Waals surface area contributed by atoms with Gasteiger partial charge in [-0.25, -0.2) is 4.79 Å². The van der Waals surface area contributed by atoms with E-state index >= 15 is 0 Å². The number of rotatable bonds is 5. The van der Waals surface area contributed by atoms with Gasteiger partial charge >= 0.3 is 5.97 Å². The van der Waals surface area contributed by atoms with Crippen LogP contribution in [-0.4, -0.2) is 59.4 Å². The number of hydrogen-bond acceptors (Lipinski definition) is 5. The topological polar surface area (TPSA) is 82.7 Å². The van der Waals surface area contributed by atoms with Gasteiger partial charge in [0.2, 0.25) is 5.56 Å². The Kier molecular flexibility index (Phi) is 5.90. The molecule has 7 nitrogen and oxygen atoms in total. The fourth-order valence-corrected chi connectivity index (χ4v) is 3.67. The first-order chi connectivity index (χ1) is 14.6. The lowest BCUT2D eigenvalue weighted by Crippen LogP contribution is -2.49. The van der Waals surface area contributed by atoms with Crippen molar-refractivity contribution in [3.8, 4) is 0 Å². The van der Waals surface area contributed by atoms with Crippen LogP contribution in [0.2, 0.25) is 0 Å². The number of pyridine rings is 1. The molecule has 1 amide bonds. The van der Waals surface area contributed by atoms with Crippen molar-refractivity contribution in [2.24, 2.45) is 0 Å². The van der Waals surface area contributed by atoms with Gasteiger partial charge < -0.3 is 14.6 Å². The van der Waals surface area contributed by atoms with Crippen LogP contribution in [0.15, 0.2) is 65.5 Å². The molecule has 4 rings (SSSR count). The number of benzene rings is 2. The number of ether oxygens (including phenoxy) is 1. The number of fused-ring (bicyclic) bond motifs is 1. The molecule has 0 unspecified atom stereocenters. The molecule has 0 radical (unpaired) electrons. The number of carbonyl (C=O) groups excluding carboxylic acids is 2. The summed E-state index contributed by atoms with van der Waals surface area (Å²) in [4.78, 5) is 43.5. The Morgan fingerprint density at radius 2 is 1.63 bits per heavy atom. The van der Waals surface area contributed by atoms with Gasteiger partial charge in [-0.05, 0) is 11.6 Å². The van der Waals surface area contributed by atoms with E-state index in [9.17, 15) is 14.4 Å². The van der Waals surface area contributed by atoms with Crippen molar-refractivity contribution in [2.45, 2.75) is 6.54 Å². The van der Waals surface area contributed by atoms with Crippen molar-refractivity contribution in [1.82, 2.24) is 14.8 Å². The Balaban J connectivity index is 1.31. The first-order valence-corrected chi connectivity index (χ1v) is 9.93. The van der Waals surface area contributed by atoms with Crippen molar-refractivity contribution in [2.75, 3.05) is 32.8 Å². The lowest BCUT2D eigenvalue weighted by atomic mass is 10.1. The number of aromatic amines is 1. The quantitative estimate of drug-likeness (QED) is 0.657. The van der Waals surface area contributed by atoms with Gasteiger partial charge in [-0.1, -0.05) is 48.5 Å². The standard InChI is InChI=1S/C23H23N3O4/c27-21-14-19(18-8-4-5-9-20(18)24-21)23(29)30-16-22(28)26-12-10-25(11-13-26)15-17-6-2-1-3-7-17/h1-9,14H,10-13,15-16H2,(H,24,27). The molecule has 2 heterocycles. The predicted octanol–water partition coefficient (Wildman–Crippen LogP) is 2.03. The number of amides is 1. The fraction of sp³-hybridized carbons (Fsp3) is 0.261. The van der Waals surface area contributed by atoms with Gasteiger partial charge in [-0.3, -0.25) is 14.5 Å². The van der Waals surface area contributed by atoms with Crippen LogP contribution in [0.25, 0.3) is 10.9 Å². The summed E-state index contributed by atoms with van der Waals surface area (Å²) in [6.07, 6.45) is 0. The molecule has 1 fully saturated rings. The number of nitrogens with zero attached hydrogens (tertiary/aromatic N) is 2. The Labute approximate surface area is 173 Å². The van der Waals surface area contributed by atoms with Crippen LogP contribution in [0.4, 0.5) is 0 Å². The summed E-state index contributed by atoms with van der Waals surface area (Å²) in [6, 6.07) is 18.4. The highest BCUT2D eigenvalue weighted by atomic mass is 16.5. The molecule has 7 heteroatoms. The van der Waals surface area contributed by atoms with Crippen LogP contribution in [-0.2, 0) is 16.1 Å². The number of aromatic nitrogens is 1. The minimum Gasteiger partial charge on any atom is -0.452 e. The van der Waals surface area contributed by atoms with E-state index in [0.29, 0.717) is 24.0 Å². The highest BCUT2D eigenvalue weighted by Gasteiger charge is 2.23. The highest BCUT2D eigenvalue weighted by Crippen LogP contribution is 2.15. The van der Waals surface area contributed by atoms with E-state index in [4.69, 9.17) is 4.74 Å². The fourth-order valence-electron chi connectivity index (χ4n) is 3.67. The van der Waals surface area contributed by atoms with Crippen LogP contribution in [0, 0.1) is 0 Å². The summed E-state index contributed by atoms with van der Waals surface area (Å²) in [6.45, 7) is 3.25. The molecule has 0 atom stereocenters. The van der Waals surface area contributed by atoms with Crippen LogP contribution in [0.1, 0.15) is 15.9 Å². The normalized spacial score (nSPS) is 14.6. The van der Waals surface area contributed by atoms with Crippen molar-refractivity contribution in [3.63, 3.8) is 0 Å². The lowest BCUT2D eigenvalue weighted by Gasteiger charge is -2.34. The largest absolute Gasteiger partial charge is 0.452 e. The van der Waals surface area contributed by atoms with Crippen molar-refractivity contribution < 1.29 is 14.3 Å². The molecular formula is C23H23N3O4. The molecule has 0 saturated carbocycles. The van der Waals surface area contributed by atoms with E-state index < -0.39 is 5.97 Å². The third-order valence-electron chi connectivity index (χ3n) is 5.27. The maximum atomic E-state index is 12.5. The first-order valence-electron chi connectivity index (χ1n) is 9.93. The van der Waals surface area contributed by atoms with E-state index in [0.717, 1.165) is 19.6 Å². The molecule has 0 aliphatic carbocycles. The zero-order valence-electron chi connectivity index (χ0n) is 16.5. The van der Waals surface area contributed by atoms with Crippen LogP contribution in [0.3, 0.4) is 0 Å². The maximum Gasteiger partial charge on any atom is 0.339 e. The van der Waals surface area contributed by atoms with E-state index in [1.165, 1.54) is 11.6 Å². The van der Waals surface area contributed by atoms with Gasteiger partial charge in [-0.15, -0.1) is 0 Å². The average molecular weight is 405 g/mol. The summed E-state index contributed by atoms with van der Waals surface area (Å²) >= 11 is 0. The average Bonchev–Trinajstić information content (AvgIpc) is 2.78. The Hall–Kier alpha value is -3.45. The van der Waals surface area contributed by atoms with Crippen LogP contribution < -0.4 is 5.56 Å². The van der Waals surface area contributed by atoms with Gasteiger partial charge in [0, 0.05) is 49.7 Å². The number of para-hydroxylation sites is 1. The predicted molar refractivity (Wildman–Crippen MR) is 113 cm³/mol. The van der Waals surface area contributed by atoms with Crippen molar-refractivity contribution in [1.29, 1.82) is 0 Å². The smallest absolute Gasteiger partial charge is 0.339 e. The molecule has 3 aromatic rings. The van der Waals surface area contributed by atoms with Crippen LogP contribution >= 0.6 is 0 Å². The maximum absolute atomic E-state index is 12.5. The summed E-state index contributed by atoms with van der Waals surface area (Å²) in [5, 5.41) is 0.587. The summed E-state index contributed by atoms with van der Waals surface area (Å²) in [7, 11) is 0. The molecule has 1 aliphatic rings. The molecule has 1 N–H and O–H groups in total. The second-order valence-corrected chi connectivity index (χ2v) is 7.31. The Bertz CT molecular complexity index is 1100. The first kappa shape index (κ1) is 19.8. The Morgan fingerprint density at radius 1 is 0.933 bits per heavy atom. The molecular weight excluding hydrogens is 382 g/mol. The minimum absolute atomic E-state index is 0.162. The third-order valence-corrected chi connectivity index (χ3v) is 5.27. The zero-order chi connectivity index (χ0) is 20.9. The highest BCUT2D eigenvalue weighted by molar-refractivity contribution is 6.03. The molecule has 0 spiro atoms. The molecule has 1 aliphatic heterocycles. The van der Waals surface area contributed by atoms with E-state index in [-0.39, 0.29) is 23.6 Å². The number of hydrogen-bond donors (Lipinski definition) is 1. The monoisotopic (exact) mass is 405 g/mol. The second kappa shape index (κ2) is 8.92. The number of piperazine rings is 1. The van der Waals surface area contributed by atoms with E-state index in [1.54, 1.807) is 29.2 Å². The summed E-state index contributed by atoms with van der Waals surface area (Å²) < 4.78 is 5.23. The molecule has 2 aromatic carbocycles. The summed E-state index contributed by atoms with van der Waals surface area (Å²) in [5.74, 6) is -0.898. The molecule has 30 heavy (non-hydrogen) atoms. The van der Waals surface area contributed by atoms with Gasteiger partial charge in [0.05, 0.1) is 5.56 Å². The van der Waals surface area contributed by atoms with Crippen molar-refractivity contribution in [3.05, 3.63) is 82.1 Å². The van der Waals surface area contributed by atoms with E-state index in [2.05, 4.69) is 22.0 Å².